The first-order valence-corrected chi connectivity index (χ1v) is 7.57. The molecule has 0 aliphatic carbocycles. The van der Waals surface area contributed by atoms with Gasteiger partial charge in [0.25, 0.3) is 0 Å². The Bertz CT molecular complexity index is 256. The number of amides is 2. The van der Waals surface area contributed by atoms with E-state index in [2.05, 4.69) is 11.8 Å². The van der Waals surface area contributed by atoms with Gasteiger partial charge in [-0.2, -0.15) is 0 Å². The zero-order chi connectivity index (χ0) is 12.8. The summed E-state index contributed by atoms with van der Waals surface area (Å²) in [5.41, 5.74) is 0. The molecule has 0 aromatic rings. The molecule has 4 nitrogen and oxygen atoms in total. The summed E-state index contributed by atoms with van der Waals surface area (Å²) in [6.07, 6.45) is 6.19. The number of urea groups is 1. The Morgan fingerprint density at radius 2 is 1.50 bits per heavy atom. The van der Waals surface area contributed by atoms with Gasteiger partial charge in [0, 0.05) is 39.3 Å². The lowest BCUT2D eigenvalue weighted by molar-refractivity contribution is 0.107. The summed E-state index contributed by atoms with van der Waals surface area (Å²) in [6.45, 7) is 9.30. The highest BCUT2D eigenvalue weighted by Crippen LogP contribution is 2.13. The number of unbranched alkanes of at least 4 members (excludes halogenated alkanes) is 1. The van der Waals surface area contributed by atoms with E-state index in [1.54, 1.807) is 0 Å². The van der Waals surface area contributed by atoms with Gasteiger partial charge >= 0.3 is 6.03 Å². The number of carbonyl (C=O) groups excluding carboxylic acids is 1. The lowest BCUT2D eigenvalue weighted by Gasteiger charge is -2.38. The van der Waals surface area contributed by atoms with E-state index in [0.717, 1.165) is 39.3 Å². The van der Waals surface area contributed by atoms with Crippen molar-refractivity contribution in [2.45, 2.75) is 39.0 Å². The predicted octanol–water partition coefficient (Wildman–Crippen LogP) is 2.01. The van der Waals surface area contributed by atoms with E-state index < -0.39 is 0 Å². The molecule has 2 heterocycles. The Kier molecular flexibility index (Phi) is 5.29. The zero-order valence-corrected chi connectivity index (χ0v) is 11.7. The van der Waals surface area contributed by atoms with E-state index in [9.17, 15) is 4.79 Å². The van der Waals surface area contributed by atoms with E-state index in [-0.39, 0.29) is 6.03 Å². The Morgan fingerprint density at radius 1 is 0.889 bits per heavy atom. The van der Waals surface area contributed by atoms with Crippen molar-refractivity contribution in [1.82, 2.24) is 14.7 Å². The van der Waals surface area contributed by atoms with Crippen molar-refractivity contribution < 1.29 is 4.79 Å². The Hall–Kier alpha value is -0.770. The molecule has 2 saturated heterocycles. The molecule has 2 aliphatic rings. The number of rotatable bonds is 3. The molecular weight excluding hydrogens is 226 g/mol. The summed E-state index contributed by atoms with van der Waals surface area (Å²) >= 11 is 0. The first-order valence-electron chi connectivity index (χ1n) is 7.57. The lowest BCUT2D eigenvalue weighted by atomic mass is 10.1. The van der Waals surface area contributed by atoms with Gasteiger partial charge in [-0.05, 0) is 32.2 Å². The van der Waals surface area contributed by atoms with Gasteiger partial charge in [-0.1, -0.05) is 13.3 Å². The summed E-state index contributed by atoms with van der Waals surface area (Å²) in [6, 6.07) is 0.282. The third-order valence-corrected chi connectivity index (χ3v) is 4.10. The second-order valence-electron chi connectivity index (χ2n) is 5.51. The molecule has 0 unspecified atom stereocenters. The third kappa shape index (κ3) is 3.61. The molecular formula is C14H27N3O. The van der Waals surface area contributed by atoms with Gasteiger partial charge in [-0.15, -0.1) is 0 Å². The molecule has 2 aliphatic heterocycles. The van der Waals surface area contributed by atoms with Crippen molar-refractivity contribution >= 4 is 6.03 Å². The van der Waals surface area contributed by atoms with Crippen LogP contribution in [0, 0.1) is 0 Å². The Morgan fingerprint density at radius 3 is 2.11 bits per heavy atom. The SMILES string of the molecule is CCCCN1CCN(C(=O)N2CCCCC2)CC1. The first kappa shape index (κ1) is 13.7. The molecule has 0 atom stereocenters. The minimum absolute atomic E-state index is 0.282. The smallest absolute Gasteiger partial charge is 0.320 e. The summed E-state index contributed by atoms with van der Waals surface area (Å²) < 4.78 is 0. The van der Waals surface area contributed by atoms with Gasteiger partial charge in [0.2, 0.25) is 0 Å². The predicted molar refractivity (Wildman–Crippen MR) is 73.7 cm³/mol. The maximum Gasteiger partial charge on any atom is 0.320 e. The maximum atomic E-state index is 12.3. The van der Waals surface area contributed by atoms with Gasteiger partial charge in [-0.3, -0.25) is 4.90 Å². The fraction of sp³-hybridized carbons (Fsp3) is 0.929. The van der Waals surface area contributed by atoms with Crippen LogP contribution in [-0.4, -0.2) is 66.5 Å². The van der Waals surface area contributed by atoms with E-state index in [4.69, 9.17) is 0 Å². The number of likely N-dealkylation sites (tertiary alicyclic amines) is 1. The van der Waals surface area contributed by atoms with Crippen molar-refractivity contribution in [1.29, 1.82) is 0 Å². The van der Waals surface area contributed by atoms with Crippen LogP contribution in [-0.2, 0) is 0 Å². The molecule has 104 valence electrons. The number of nitrogens with zero attached hydrogens (tertiary/aromatic N) is 3. The van der Waals surface area contributed by atoms with Gasteiger partial charge in [0.1, 0.15) is 0 Å². The third-order valence-electron chi connectivity index (χ3n) is 4.10. The quantitative estimate of drug-likeness (QED) is 0.769. The van der Waals surface area contributed by atoms with Crippen LogP contribution in [0.15, 0.2) is 0 Å². The molecule has 18 heavy (non-hydrogen) atoms. The average molecular weight is 253 g/mol. The summed E-state index contributed by atoms with van der Waals surface area (Å²) in [5, 5.41) is 0. The maximum absolute atomic E-state index is 12.3. The fourth-order valence-electron chi connectivity index (χ4n) is 2.83. The Labute approximate surface area is 111 Å². The highest BCUT2D eigenvalue weighted by atomic mass is 16.2. The van der Waals surface area contributed by atoms with Crippen LogP contribution in [0.4, 0.5) is 4.79 Å². The largest absolute Gasteiger partial charge is 0.325 e. The van der Waals surface area contributed by atoms with Crippen molar-refractivity contribution in [2.75, 3.05) is 45.8 Å². The van der Waals surface area contributed by atoms with Crippen LogP contribution in [0.1, 0.15) is 39.0 Å². The van der Waals surface area contributed by atoms with Crippen LogP contribution in [0.2, 0.25) is 0 Å². The van der Waals surface area contributed by atoms with Crippen LogP contribution in [0.3, 0.4) is 0 Å². The topological polar surface area (TPSA) is 26.8 Å². The normalized spacial score (nSPS) is 22.3. The van der Waals surface area contributed by atoms with Crippen molar-refractivity contribution in [3.05, 3.63) is 0 Å². The van der Waals surface area contributed by atoms with Crippen LogP contribution >= 0.6 is 0 Å². The molecule has 0 N–H and O–H groups in total. The second-order valence-corrected chi connectivity index (χ2v) is 5.51. The molecule has 0 radical (unpaired) electrons. The number of carbonyl (C=O) groups is 1. The average Bonchev–Trinajstić information content (AvgIpc) is 2.46. The molecule has 2 amide bonds. The van der Waals surface area contributed by atoms with Gasteiger partial charge in [-0.25, -0.2) is 4.79 Å². The molecule has 2 fully saturated rings. The molecule has 0 aromatic heterocycles. The van der Waals surface area contributed by atoms with Crippen molar-refractivity contribution in [2.24, 2.45) is 0 Å². The summed E-state index contributed by atoms with van der Waals surface area (Å²) in [4.78, 5) is 18.9. The molecule has 0 saturated carbocycles. The van der Waals surface area contributed by atoms with Crippen LogP contribution < -0.4 is 0 Å². The van der Waals surface area contributed by atoms with Gasteiger partial charge in [0.05, 0.1) is 0 Å². The van der Waals surface area contributed by atoms with E-state index in [1.165, 1.54) is 38.6 Å². The number of hydrogen-bond acceptors (Lipinski definition) is 2. The standard InChI is InChI=1S/C14H27N3O/c1-2-3-7-15-10-12-17(13-11-15)14(18)16-8-5-4-6-9-16/h2-13H2,1H3. The van der Waals surface area contributed by atoms with E-state index in [1.807, 2.05) is 9.80 Å². The minimum atomic E-state index is 0.282. The number of piperazine rings is 1. The second kappa shape index (κ2) is 6.98. The fourth-order valence-corrected chi connectivity index (χ4v) is 2.83. The molecule has 0 spiro atoms. The Balaban J connectivity index is 1.73. The molecule has 4 heteroatoms. The van der Waals surface area contributed by atoms with Crippen molar-refractivity contribution in [3.8, 4) is 0 Å². The lowest BCUT2D eigenvalue weighted by Crippen LogP contribution is -2.53. The van der Waals surface area contributed by atoms with Crippen LogP contribution in [0.25, 0.3) is 0 Å². The zero-order valence-electron chi connectivity index (χ0n) is 11.7. The molecule has 0 bridgehead atoms. The van der Waals surface area contributed by atoms with Gasteiger partial charge in [0.15, 0.2) is 0 Å². The summed E-state index contributed by atoms with van der Waals surface area (Å²) in [5.74, 6) is 0. The number of hydrogen-bond donors (Lipinski definition) is 0. The van der Waals surface area contributed by atoms with E-state index >= 15 is 0 Å². The highest BCUT2D eigenvalue weighted by molar-refractivity contribution is 5.74. The van der Waals surface area contributed by atoms with Crippen molar-refractivity contribution in [3.63, 3.8) is 0 Å². The highest BCUT2D eigenvalue weighted by Gasteiger charge is 2.25. The minimum Gasteiger partial charge on any atom is -0.325 e. The summed E-state index contributed by atoms with van der Waals surface area (Å²) in [7, 11) is 0. The first-order chi connectivity index (χ1) is 8.81. The molecule has 0 aromatic carbocycles. The molecule has 2 rings (SSSR count). The van der Waals surface area contributed by atoms with Crippen LogP contribution in [0.5, 0.6) is 0 Å². The monoisotopic (exact) mass is 253 g/mol. The van der Waals surface area contributed by atoms with E-state index in [0.29, 0.717) is 0 Å². The number of piperidine rings is 1. The van der Waals surface area contributed by atoms with Gasteiger partial charge < -0.3 is 9.80 Å².